The Bertz CT molecular complexity index is 482. The fraction of sp³-hybridized carbons (Fsp3) is 0.615. The molecule has 0 saturated heterocycles. The third-order valence-corrected chi connectivity index (χ3v) is 2.85. The number of hydrogen-bond donors (Lipinski definition) is 2. The molecule has 7 nitrogen and oxygen atoms in total. The van der Waals surface area contributed by atoms with E-state index in [1.54, 1.807) is 6.92 Å². The van der Waals surface area contributed by atoms with Gasteiger partial charge in [0, 0.05) is 13.1 Å². The van der Waals surface area contributed by atoms with Gasteiger partial charge in [0.25, 0.3) is 5.91 Å². The average Bonchev–Trinajstić information content (AvgIpc) is 2.72. The molecular formula is C13H22N4O3. The van der Waals surface area contributed by atoms with E-state index in [2.05, 4.69) is 10.4 Å². The van der Waals surface area contributed by atoms with Crippen LogP contribution in [0.3, 0.4) is 0 Å². The summed E-state index contributed by atoms with van der Waals surface area (Å²) in [5, 5.41) is 6.80. The van der Waals surface area contributed by atoms with E-state index in [4.69, 9.17) is 10.5 Å². The van der Waals surface area contributed by atoms with Gasteiger partial charge in [0.15, 0.2) is 12.3 Å². The number of aromatic nitrogens is 2. The SMILES string of the molecule is CCCCNC(=O)COC(=O)c1c(N)c(C)nn1CC. The standard InChI is InChI=1S/C13H22N4O3/c1-4-6-7-15-10(18)8-20-13(19)12-11(14)9(3)16-17(12)5-2/h4-8,14H2,1-3H3,(H,15,18). The number of ether oxygens (including phenoxy) is 1. The van der Waals surface area contributed by atoms with Gasteiger partial charge in [-0.3, -0.25) is 9.48 Å². The first-order chi connectivity index (χ1) is 9.51. The molecule has 1 rings (SSSR count). The molecule has 0 aliphatic rings. The number of anilines is 1. The molecule has 0 fully saturated rings. The number of nitrogens with zero attached hydrogens (tertiary/aromatic N) is 2. The van der Waals surface area contributed by atoms with Crippen molar-refractivity contribution in [2.45, 2.75) is 40.2 Å². The Morgan fingerprint density at radius 2 is 2.10 bits per heavy atom. The average molecular weight is 282 g/mol. The van der Waals surface area contributed by atoms with Crippen LogP contribution in [0.15, 0.2) is 0 Å². The summed E-state index contributed by atoms with van der Waals surface area (Å²) < 4.78 is 6.44. The van der Waals surface area contributed by atoms with E-state index in [9.17, 15) is 9.59 Å². The van der Waals surface area contributed by atoms with Crippen LogP contribution in [0.2, 0.25) is 0 Å². The van der Waals surface area contributed by atoms with E-state index in [1.807, 2.05) is 13.8 Å². The highest BCUT2D eigenvalue weighted by atomic mass is 16.5. The molecular weight excluding hydrogens is 260 g/mol. The quantitative estimate of drug-likeness (QED) is 0.571. The van der Waals surface area contributed by atoms with Gasteiger partial charge in [0.2, 0.25) is 0 Å². The maximum atomic E-state index is 11.9. The van der Waals surface area contributed by atoms with Crippen molar-refractivity contribution >= 4 is 17.6 Å². The van der Waals surface area contributed by atoms with E-state index < -0.39 is 5.97 Å². The highest BCUT2D eigenvalue weighted by molar-refractivity contribution is 5.95. The zero-order valence-corrected chi connectivity index (χ0v) is 12.2. The van der Waals surface area contributed by atoms with Crippen molar-refractivity contribution in [3.8, 4) is 0 Å². The van der Waals surface area contributed by atoms with Crippen molar-refractivity contribution in [2.75, 3.05) is 18.9 Å². The number of aryl methyl sites for hydroxylation is 2. The van der Waals surface area contributed by atoms with Crippen molar-refractivity contribution in [3.63, 3.8) is 0 Å². The van der Waals surface area contributed by atoms with Crippen LogP contribution < -0.4 is 11.1 Å². The minimum atomic E-state index is -0.629. The Morgan fingerprint density at radius 1 is 1.40 bits per heavy atom. The number of rotatable bonds is 7. The predicted octanol–water partition coefficient (Wildman–Crippen LogP) is 0.867. The molecule has 0 spiro atoms. The Balaban J connectivity index is 2.57. The first-order valence-corrected chi connectivity index (χ1v) is 6.77. The van der Waals surface area contributed by atoms with Gasteiger partial charge < -0.3 is 15.8 Å². The van der Waals surface area contributed by atoms with Gasteiger partial charge in [-0.15, -0.1) is 0 Å². The number of nitrogens with one attached hydrogen (secondary N) is 1. The molecule has 0 saturated carbocycles. The zero-order valence-electron chi connectivity index (χ0n) is 12.2. The topological polar surface area (TPSA) is 99.2 Å². The lowest BCUT2D eigenvalue weighted by Gasteiger charge is -2.07. The number of esters is 1. The zero-order chi connectivity index (χ0) is 15.1. The number of carbonyl (C=O) groups excluding carboxylic acids is 2. The van der Waals surface area contributed by atoms with Crippen LogP contribution in [0.25, 0.3) is 0 Å². The lowest BCUT2D eigenvalue weighted by Crippen LogP contribution is -2.30. The van der Waals surface area contributed by atoms with Crippen LogP contribution in [0.1, 0.15) is 42.9 Å². The summed E-state index contributed by atoms with van der Waals surface area (Å²) in [6.45, 7) is 6.38. The summed E-state index contributed by atoms with van der Waals surface area (Å²) in [4.78, 5) is 23.4. The number of hydrogen-bond acceptors (Lipinski definition) is 5. The van der Waals surface area contributed by atoms with Gasteiger partial charge in [0.1, 0.15) is 0 Å². The van der Waals surface area contributed by atoms with E-state index in [0.29, 0.717) is 24.5 Å². The number of carbonyl (C=O) groups is 2. The van der Waals surface area contributed by atoms with Crippen molar-refractivity contribution in [3.05, 3.63) is 11.4 Å². The van der Waals surface area contributed by atoms with Gasteiger partial charge in [-0.05, 0) is 20.3 Å². The fourth-order valence-corrected chi connectivity index (χ4v) is 1.69. The summed E-state index contributed by atoms with van der Waals surface area (Å²) in [5.74, 6) is -0.944. The molecule has 0 bridgehead atoms. The number of nitrogen functional groups attached to an aromatic ring is 1. The third-order valence-electron chi connectivity index (χ3n) is 2.85. The number of nitrogens with two attached hydrogens (primary N) is 1. The van der Waals surface area contributed by atoms with Crippen LogP contribution in [0.4, 0.5) is 5.69 Å². The van der Waals surface area contributed by atoms with Crippen molar-refractivity contribution in [2.24, 2.45) is 0 Å². The summed E-state index contributed by atoms with van der Waals surface area (Å²) in [6.07, 6.45) is 1.89. The molecule has 3 N–H and O–H groups in total. The van der Waals surface area contributed by atoms with Crippen LogP contribution >= 0.6 is 0 Å². The Kier molecular flexibility index (Phi) is 6.02. The van der Waals surface area contributed by atoms with Gasteiger partial charge in [-0.1, -0.05) is 13.3 Å². The van der Waals surface area contributed by atoms with Crippen LogP contribution in [0.5, 0.6) is 0 Å². The van der Waals surface area contributed by atoms with Gasteiger partial charge >= 0.3 is 5.97 Å². The minimum Gasteiger partial charge on any atom is -0.451 e. The van der Waals surface area contributed by atoms with Crippen molar-refractivity contribution in [1.82, 2.24) is 15.1 Å². The minimum absolute atomic E-state index is 0.200. The summed E-state index contributed by atoms with van der Waals surface area (Å²) in [5.41, 5.74) is 6.87. The highest BCUT2D eigenvalue weighted by Crippen LogP contribution is 2.17. The summed E-state index contributed by atoms with van der Waals surface area (Å²) in [7, 11) is 0. The van der Waals surface area contributed by atoms with Gasteiger partial charge in [-0.2, -0.15) is 5.10 Å². The van der Waals surface area contributed by atoms with E-state index in [0.717, 1.165) is 12.8 Å². The Hall–Kier alpha value is -2.05. The molecule has 20 heavy (non-hydrogen) atoms. The van der Waals surface area contributed by atoms with Gasteiger partial charge in [-0.25, -0.2) is 4.79 Å². The molecule has 0 atom stereocenters. The lowest BCUT2D eigenvalue weighted by atomic mass is 10.3. The fourth-order valence-electron chi connectivity index (χ4n) is 1.69. The second-order valence-electron chi connectivity index (χ2n) is 4.44. The maximum Gasteiger partial charge on any atom is 0.359 e. The first-order valence-electron chi connectivity index (χ1n) is 6.77. The Labute approximate surface area is 118 Å². The third kappa shape index (κ3) is 3.97. The largest absolute Gasteiger partial charge is 0.451 e. The molecule has 0 aliphatic heterocycles. The van der Waals surface area contributed by atoms with E-state index in [-0.39, 0.29) is 18.2 Å². The lowest BCUT2D eigenvalue weighted by molar-refractivity contribution is -0.124. The second-order valence-corrected chi connectivity index (χ2v) is 4.44. The maximum absolute atomic E-state index is 11.9. The first kappa shape index (κ1) is 16.0. The smallest absolute Gasteiger partial charge is 0.359 e. The molecule has 7 heteroatoms. The molecule has 0 aliphatic carbocycles. The molecule has 0 radical (unpaired) electrons. The van der Waals surface area contributed by atoms with Crippen LogP contribution in [-0.4, -0.2) is 34.8 Å². The predicted molar refractivity (Wildman–Crippen MR) is 75.3 cm³/mol. The summed E-state index contributed by atoms with van der Waals surface area (Å²) >= 11 is 0. The molecule has 1 aromatic rings. The number of unbranched alkanes of at least 4 members (excludes halogenated alkanes) is 1. The monoisotopic (exact) mass is 282 g/mol. The molecule has 0 aromatic carbocycles. The normalized spacial score (nSPS) is 10.3. The summed E-state index contributed by atoms with van der Waals surface area (Å²) in [6, 6.07) is 0. The van der Waals surface area contributed by atoms with Crippen LogP contribution in [-0.2, 0) is 16.1 Å². The molecule has 112 valence electrons. The van der Waals surface area contributed by atoms with Crippen molar-refractivity contribution < 1.29 is 14.3 Å². The van der Waals surface area contributed by atoms with Crippen LogP contribution in [0, 0.1) is 6.92 Å². The van der Waals surface area contributed by atoms with Gasteiger partial charge in [0.05, 0.1) is 11.4 Å². The van der Waals surface area contributed by atoms with E-state index >= 15 is 0 Å². The molecule has 1 amide bonds. The molecule has 0 unspecified atom stereocenters. The van der Waals surface area contributed by atoms with E-state index in [1.165, 1.54) is 4.68 Å². The number of amides is 1. The second kappa shape index (κ2) is 7.52. The Morgan fingerprint density at radius 3 is 2.70 bits per heavy atom. The molecule has 1 aromatic heterocycles. The highest BCUT2D eigenvalue weighted by Gasteiger charge is 2.21. The van der Waals surface area contributed by atoms with Crippen molar-refractivity contribution in [1.29, 1.82) is 0 Å². The molecule has 1 heterocycles.